The second-order valence-electron chi connectivity index (χ2n) is 6.76. The Bertz CT molecular complexity index is 1050. The Morgan fingerprint density at radius 2 is 2.07 bits per heavy atom. The van der Waals surface area contributed by atoms with E-state index in [2.05, 4.69) is 20.8 Å². The van der Waals surface area contributed by atoms with Crippen molar-refractivity contribution < 1.29 is 14.3 Å². The first-order valence-electron chi connectivity index (χ1n) is 9.21. The third-order valence-electron chi connectivity index (χ3n) is 4.80. The van der Waals surface area contributed by atoms with E-state index in [0.717, 1.165) is 28.1 Å². The summed E-state index contributed by atoms with van der Waals surface area (Å²) in [4.78, 5) is 12.6. The minimum atomic E-state index is -0.362. The largest absolute Gasteiger partial charge is 0.454 e. The number of fused-ring (bicyclic) bond motifs is 1. The Labute approximate surface area is 172 Å². The molecular weight excluding hydrogens is 390 g/mol. The maximum absolute atomic E-state index is 12.6. The van der Waals surface area contributed by atoms with Crippen molar-refractivity contribution in [2.45, 2.75) is 37.7 Å². The van der Waals surface area contributed by atoms with E-state index in [-0.39, 0.29) is 18.0 Å². The molecule has 1 amide bonds. The van der Waals surface area contributed by atoms with Crippen LogP contribution in [-0.4, -0.2) is 38.2 Å². The van der Waals surface area contributed by atoms with Gasteiger partial charge in [0, 0.05) is 6.54 Å². The molecule has 0 bridgehead atoms. The maximum Gasteiger partial charge on any atom is 0.233 e. The SMILES string of the molecule is Cc1cccc(-n2nnnc2S[C@@H](C)C(=O)NCc2ccc3c(c2)OCO3)c1C. The van der Waals surface area contributed by atoms with Crippen LogP contribution in [0.5, 0.6) is 11.5 Å². The van der Waals surface area contributed by atoms with Crippen molar-refractivity contribution in [3.8, 4) is 17.2 Å². The van der Waals surface area contributed by atoms with Crippen LogP contribution < -0.4 is 14.8 Å². The molecule has 0 spiro atoms. The van der Waals surface area contributed by atoms with Crippen molar-refractivity contribution in [3.63, 3.8) is 0 Å². The number of carbonyl (C=O) groups is 1. The molecule has 2 heterocycles. The highest BCUT2D eigenvalue weighted by Crippen LogP contribution is 2.32. The number of hydrogen-bond acceptors (Lipinski definition) is 7. The molecule has 1 N–H and O–H groups in total. The molecule has 8 nitrogen and oxygen atoms in total. The number of ether oxygens (including phenoxy) is 2. The van der Waals surface area contributed by atoms with Crippen molar-refractivity contribution in [1.82, 2.24) is 25.5 Å². The molecule has 29 heavy (non-hydrogen) atoms. The Morgan fingerprint density at radius 3 is 2.93 bits per heavy atom. The number of thioether (sulfide) groups is 1. The summed E-state index contributed by atoms with van der Waals surface area (Å²) in [6.45, 7) is 6.54. The molecule has 9 heteroatoms. The van der Waals surface area contributed by atoms with Crippen LogP contribution in [0.15, 0.2) is 41.6 Å². The van der Waals surface area contributed by atoms with E-state index in [9.17, 15) is 4.79 Å². The average Bonchev–Trinajstić information content (AvgIpc) is 3.37. The fourth-order valence-electron chi connectivity index (χ4n) is 2.96. The fourth-order valence-corrected chi connectivity index (χ4v) is 3.79. The summed E-state index contributed by atoms with van der Waals surface area (Å²) >= 11 is 1.32. The first-order chi connectivity index (χ1) is 14.0. The van der Waals surface area contributed by atoms with Crippen LogP contribution in [0.1, 0.15) is 23.6 Å². The predicted molar refractivity (Wildman–Crippen MR) is 108 cm³/mol. The van der Waals surface area contributed by atoms with Crippen LogP contribution in [0, 0.1) is 13.8 Å². The average molecular weight is 411 g/mol. The summed E-state index contributed by atoms with van der Waals surface area (Å²) in [5, 5.41) is 15.2. The van der Waals surface area contributed by atoms with Gasteiger partial charge in [0.15, 0.2) is 11.5 Å². The highest BCUT2D eigenvalue weighted by Gasteiger charge is 2.20. The van der Waals surface area contributed by atoms with Gasteiger partial charge in [-0.2, -0.15) is 4.68 Å². The van der Waals surface area contributed by atoms with E-state index in [1.165, 1.54) is 11.8 Å². The number of rotatable bonds is 6. The van der Waals surface area contributed by atoms with E-state index >= 15 is 0 Å². The maximum atomic E-state index is 12.6. The molecule has 150 valence electrons. The van der Waals surface area contributed by atoms with Gasteiger partial charge in [-0.3, -0.25) is 4.79 Å². The van der Waals surface area contributed by atoms with Gasteiger partial charge >= 0.3 is 0 Å². The molecule has 0 unspecified atom stereocenters. The Morgan fingerprint density at radius 1 is 1.24 bits per heavy atom. The highest BCUT2D eigenvalue weighted by atomic mass is 32.2. The molecule has 1 aromatic heterocycles. The second-order valence-corrected chi connectivity index (χ2v) is 8.07. The number of aromatic nitrogens is 4. The van der Waals surface area contributed by atoms with Crippen molar-refractivity contribution >= 4 is 17.7 Å². The summed E-state index contributed by atoms with van der Waals surface area (Å²) < 4.78 is 12.4. The number of nitrogens with one attached hydrogen (secondary N) is 1. The lowest BCUT2D eigenvalue weighted by atomic mass is 10.1. The zero-order valence-corrected chi connectivity index (χ0v) is 17.2. The predicted octanol–water partition coefficient (Wildman–Crippen LogP) is 2.80. The molecule has 1 aliphatic heterocycles. The van der Waals surface area contributed by atoms with E-state index in [1.807, 2.05) is 57.2 Å². The van der Waals surface area contributed by atoms with E-state index < -0.39 is 0 Å². The lowest BCUT2D eigenvalue weighted by Crippen LogP contribution is -2.30. The van der Waals surface area contributed by atoms with Crippen LogP contribution in [0.25, 0.3) is 5.69 Å². The zero-order valence-electron chi connectivity index (χ0n) is 16.4. The summed E-state index contributed by atoms with van der Waals surface area (Å²) in [6, 6.07) is 11.6. The van der Waals surface area contributed by atoms with Gasteiger partial charge in [-0.15, -0.1) is 5.10 Å². The van der Waals surface area contributed by atoms with Gasteiger partial charge in [0.25, 0.3) is 0 Å². The van der Waals surface area contributed by atoms with Crippen LogP contribution in [-0.2, 0) is 11.3 Å². The van der Waals surface area contributed by atoms with Gasteiger partial charge in [0.2, 0.25) is 17.9 Å². The number of tetrazole rings is 1. The Balaban J connectivity index is 1.41. The summed E-state index contributed by atoms with van der Waals surface area (Å²) in [5.74, 6) is 1.33. The first-order valence-corrected chi connectivity index (χ1v) is 10.1. The number of aryl methyl sites for hydroxylation is 1. The van der Waals surface area contributed by atoms with Crippen molar-refractivity contribution in [1.29, 1.82) is 0 Å². The van der Waals surface area contributed by atoms with Crippen molar-refractivity contribution in [2.75, 3.05) is 6.79 Å². The normalized spacial score (nSPS) is 13.3. The zero-order chi connectivity index (χ0) is 20.4. The van der Waals surface area contributed by atoms with Crippen LogP contribution in [0.3, 0.4) is 0 Å². The molecule has 0 radical (unpaired) electrons. The fraction of sp³-hybridized carbons (Fsp3) is 0.300. The standard InChI is InChI=1S/C20H21N5O3S/c1-12-5-4-6-16(13(12)2)25-20(22-23-24-25)29-14(3)19(26)21-10-15-7-8-17-18(9-15)28-11-27-17/h4-9,14H,10-11H2,1-3H3,(H,21,26)/t14-/m0/s1. The molecular formula is C20H21N5O3S. The van der Waals surface area contributed by atoms with Crippen molar-refractivity contribution in [2.24, 2.45) is 0 Å². The lowest BCUT2D eigenvalue weighted by molar-refractivity contribution is -0.120. The summed E-state index contributed by atoms with van der Waals surface area (Å²) in [5.41, 5.74) is 4.11. The first kappa shape index (κ1) is 19.3. The van der Waals surface area contributed by atoms with Gasteiger partial charge < -0.3 is 14.8 Å². The number of benzene rings is 2. The molecule has 0 saturated carbocycles. The van der Waals surface area contributed by atoms with Gasteiger partial charge in [0.05, 0.1) is 10.9 Å². The molecule has 3 aromatic rings. The van der Waals surface area contributed by atoms with Gasteiger partial charge in [-0.05, 0) is 66.1 Å². The van der Waals surface area contributed by atoms with Crippen LogP contribution >= 0.6 is 11.8 Å². The lowest BCUT2D eigenvalue weighted by Gasteiger charge is -2.13. The minimum Gasteiger partial charge on any atom is -0.454 e. The van der Waals surface area contributed by atoms with Crippen LogP contribution in [0.4, 0.5) is 0 Å². The second kappa shape index (κ2) is 8.12. The van der Waals surface area contributed by atoms with Crippen LogP contribution in [0.2, 0.25) is 0 Å². The molecule has 0 fully saturated rings. The monoisotopic (exact) mass is 411 g/mol. The van der Waals surface area contributed by atoms with E-state index in [1.54, 1.807) is 4.68 Å². The summed E-state index contributed by atoms with van der Waals surface area (Å²) in [6.07, 6.45) is 0. The number of hydrogen-bond donors (Lipinski definition) is 1. The summed E-state index contributed by atoms with van der Waals surface area (Å²) in [7, 11) is 0. The molecule has 4 rings (SSSR count). The molecule has 1 aliphatic rings. The smallest absolute Gasteiger partial charge is 0.233 e. The Hall–Kier alpha value is -3.07. The van der Waals surface area contributed by atoms with Gasteiger partial charge in [-0.25, -0.2) is 0 Å². The Kier molecular flexibility index (Phi) is 5.39. The third kappa shape index (κ3) is 4.04. The molecule has 0 saturated heterocycles. The molecule has 0 aliphatic carbocycles. The van der Waals surface area contributed by atoms with E-state index in [4.69, 9.17) is 9.47 Å². The highest BCUT2D eigenvalue weighted by molar-refractivity contribution is 8.00. The number of nitrogens with zero attached hydrogens (tertiary/aromatic N) is 4. The van der Waals surface area contributed by atoms with Gasteiger partial charge in [0.1, 0.15) is 0 Å². The third-order valence-corrected chi connectivity index (χ3v) is 5.83. The number of carbonyl (C=O) groups excluding carboxylic acids is 1. The number of amides is 1. The molecule has 2 aromatic carbocycles. The molecule has 1 atom stereocenters. The van der Waals surface area contributed by atoms with E-state index in [0.29, 0.717) is 17.5 Å². The van der Waals surface area contributed by atoms with Gasteiger partial charge in [-0.1, -0.05) is 30.0 Å². The minimum absolute atomic E-state index is 0.0943. The topological polar surface area (TPSA) is 91.2 Å². The quantitative estimate of drug-likeness (QED) is 0.624. The van der Waals surface area contributed by atoms with Crippen molar-refractivity contribution in [3.05, 3.63) is 53.1 Å².